The summed E-state index contributed by atoms with van der Waals surface area (Å²) in [7, 11) is 1.95. The monoisotopic (exact) mass is 268 g/mol. The van der Waals surface area contributed by atoms with E-state index in [1.54, 1.807) is 0 Å². The molecule has 0 aliphatic heterocycles. The van der Waals surface area contributed by atoms with E-state index in [-0.39, 0.29) is 0 Å². The van der Waals surface area contributed by atoms with Crippen molar-refractivity contribution in [3.05, 3.63) is 65.7 Å². The van der Waals surface area contributed by atoms with E-state index < -0.39 is 0 Å². The zero-order valence-electron chi connectivity index (χ0n) is 10.5. The second-order valence-corrected chi connectivity index (χ2v) is 4.85. The standard InChI is InChI=1S/C16H13ClN2/c1-19-16(13-7-9-14(17)10-8-13)11-15(18-19)12-5-3-2-4-6-12/h2-11H,1H3. The van der Waals surface area contributed by atoms with Crippen molar-refractivity contribution in [2.75, 3.05) is 0 Å². The molecule has 2 aromatic carbocycles. The van der Waals surface area contributed by atoms with E-state index in [0.29, 0.717) is 0 Å². The minimum Gasteiger partial charge on any atom is -0.267 e. The molecular weight excluding hydrogens is 256 g/mol. The molecule has 0 spiro atoms. The van der Waals surface area contributed by atoms with E-state index in [1.165, 1.54) is 0 Å². The first-order chi connectivity index (χ1) is 9.24. The second kappa shape index (κ2) is 4.90. The van der Waals surface area contributed by atoms with Gasteiger partial charge in [-0.3, -0.25) is 4.68 Å². The average molecular weight is 269 g/mol. The largest absolute Gasteiger partial charge is 0.267 e. The van der Waals surface area contributed by atoms with Crippen molar-refractivity contribution in [3.63, 3.8) is 0 Å². The van der Waals surface area contributed by atoms with E-state index in [1.807, 2.05) is 54.2 Å². The molecule has 3 aromatic rings. The lowest BCUT2D eigenvalue weighted by Gasteiger charge is -2.00. The van der Waals surface area contributed by atoms with Gasteiger partial charge < -0.3 is 0 Å². The number of aromatic nitrogens is 2. The summed E-state index contributed by atoms with van der Waals surface area (Å²) in [6.07, 6.45) is 0. The molecule has 1 heterocycles. The third-order valence-electron chi connectivity index (χ3n) is 3.09. The molecule has 0 fully saturated rings. The van der Waals surface area contributed by atoms with Crippen molar-refractivity contribution in [2.24, 2.45) is 7.05 Å². The number of aryl methyl sites for hydroxylation is 1. The fourth-order valence-electron chi connectivity index (χ4n) is 2.11. The molecule has 0 unspecified atom stereocenters. The first-order valence-corrected chi connectivity index (χ1v) is 6.47. The highest BCUT2D eigenvalue weighted by molar-refractivity contribution is 6.30. The molecule has 0 radical (unpaired) electrons. The molecule has 94 valence electrons. The fraction of sp³-hybridized carbons (Fsp3) is 0.0625. The summed E-state index contributed by atoms with van der Waals surface area (Å²) in [6, 6.07) is 20.1. The van der Waals surface area contributed by atoms with E-state index in [2.05, 4.69) is 23.3 Å². The Morgan fingerprint density at radius 2 is 1.58 bits per heavy atom. The van der Waals surface area contributed by atoms with Crippen LogP contribution in [-0.4, -0.2) is 9.78 Å². The summed E-state index contributed by atoms with van der Waals surface area (Å²) in [5, 5.41) is 5.31. The van der Waals surface area contributed by atoms with Crippen molar-refractivity contribution in [2.45, 2.75) is 0 Å². The van der Waals surface area contributed by atoms with Gasteiger partial charge in [0.15, 0.2) is 0 Å². The first-order valence-electron chi connectivity index (χ1n) is 6.09. The van der Waals surface area contributed by atoms with Crippen LogP contribution in [0.15, 0.2) is 60.7 Å². The van der Waals surface area contributed by atoms with Gasteiger partial charge in [0, 0.05) is 17.6 Å². The highest BCUT2D eigenvalue weighted by atomic mass is 35.5. The zero-order valence-corrected chi connectivity index (χ0v) is 11.3. The Bertz CT molecular complexity index is 685. The number of hydrogen-bond donors (Lipinski definition) is 0. The lowest BCUT2D eigenvalue weighted by Crippen LogP contribution is -1.93. The van der Waals surface area contributed by atoms with Gasteiger partial charge in [0.2, 0.25) is 0 Å². The van der Waals surface area contributed by atoms with Crippen LogP contribution in [0.1, 0.15) is 0 Å². The normalized spacial score (nSPS) is 10.6. The molecule has 0 atom stereocenters. The van der Waals surface area contributed by atoms with Crippen LogP contribution in [0.3, 0.4) is 0 Å². The summed E-state index contributed by atoms with van der Waals surface area (Å²) in [4.78, 5) is 0. The SMILES string of the molecule is Cn1nc(-c2ccccc2)cc1-c1ccc(Cl)cc1. The van der Waals surface area contributed by atoms with Crippen LogP contribution in [0, 0.1) is 0 Å². The lowest BCUT2D eigenvalue weighted by atomic mass is 10.1. The Kier molecular flexibility index (Phi) is 3.10. The predicted molar refractivity (Wildman–Crippen MR) is 79.1 cm³/mol. The van der Waals surface area contributed by atoms with Gasteiger partial charge in [0.05, 0.1) is 11.4 Å². The van der Waals surface area contributed by atoms with Crippen molar-refractivity contribution in [1.29, 1.82) is 0 Å². The van der Waals surface area contributed by atoms with Gasteiger partial charge in [0.1, 0.15) is 0 Å². The first kappa shape index (κ1) is 12.0. The van der Waals surface area contributed by atoms with Crippen molar-refractivity contribution >= 4 is 11.6 Å². The molecule has 0 aliphatic carbocycles. The Morgan fingerprint density at radius 1 is 0.895 bits per heavy atom. The molecule has 1 aromatic heterocycles. The zero-order chi connectivity index (χ0) is 13.2. The van der Waals surface area contributed by atoms with E-state index in [9.17, 15) is 0 Å². The molecule has 0 bridgehead atoms. The van der Waals surface area contributed by atoms with E-state index >= 15 is 0 Å². The third-order valence-corrected chi connectivity index (χ3v) is 3.34. The molecular formula is C16H13ClN2. The Balaban J connectivity index is 2.05. The number of nitrogens with zero attached hydrogens (tertiary/aromatic N) is 2. The third kappa shape index (κ3) is 2.40. The minimum absolute atomic E-state index is 0.745. The van der Waals surface area contributed by atoms with Gasteiger partial charge in [-0.15, -0.1) is 0 Å². The Labute approximate surface area is 117 Å². The summed E-state index contributed by atoms with van der Waals surface area (Å²) in [6.45, 7) is 0. The van der Waals surface area contributed by atoms with Crippen LogP contribution in [0.25, 0.3) is 22.5 Å². The predicted octanol–water partition coefficient (Wildman–Crippen LogP) is 4.41. The van der Waals surface area contributed by atoms with Crippen LogP contribution in [-0.2, 0) is 7.05 Å². The summed E-state index contributed by atoms with van der Waals surface area (Å²) < 4.78 is 1.89. The quantitative estimate of drug-likeness (QED) is 0.673. The molecule has 19 heavy (non-hydrogen) atoms. The highest BCUT2D eigenvalue weighted by Crippen LogP contribution is 2.26. The maximum absolute atomic E-state index is 5.92. The van der Waals surface area contributed by atoms with Gasteiger partial charge in [-0.2, -0.15) is 5.10 Å². The Hall–Kier alpha value is -2.06. The fourth-order valence-corrected chi connectivity index (χ4v) is 2.23. The van der Waals surface area contributed by atoms with Gasteiger partial charge in [-0.1, -0.05) is 54.1 Å². The smallest absolute Gasteiger partial charge is 0.0929 e. The average Bonchev–Trinajstić information content (AvgIpc) is 2.83. The van der Waals surface area contributed by atoms with Gasteiger partial charge in [-0.25, -0.2) is 0 Å². The van der Waals surface area contributed by atoms with Gasteiger partial charge >= 0.3 is 0 Å². The Morgan fingerprint density at radius 3 is 2.26 bits per heavy atom. The van der Waals surface area contributed by atoms with Crippen LogP contribution in [0.2, 0.25) is 5.02 Å². The minimum atomic E-state index is 0.745. The van der Waals surface area contributed by atoms with Crippen LogP contribution in [0.4, 0.5) is 0 Å². The van der Waals surface area contributed by atoms with E-state index in [0.717, 1.165) is 27.5 Å². The number of halogens is 1. The van der Waals surface area contributed by atoms with Crippen molar-refractivity contribution in [1.82, 2.24) is 9.78 Å². The highest BCUT2D eigenvalue weighted by Gasteiger charge is 2.08. The van der Waals surface area contributed by atoms with Crippen LogP contribution >= 0.6 is 11.6 Å². The molecule has 3 rings (SSSR count). The van der Waals surface area contributed by atoms with Crippen LogP contribution < -0.4 is 0 Å². The summed E-state index contributed by atoms with van der Waals surface area (Å²) >= 11 is 5.92. The maximum Gasteiger partial charge on any atom is 0.0929 e. The molecule has 0 aliphatic rings. The summed E-state index contributed by atoms with van der Waals surface area (Å²) in [5.41, 5.74) is 4.29. The molecule has 0 saturated carbocycles. The van der Waals surface area contributed by atoms with Crippen molar-refractivity contribution < 1.29 is 0 Å². The lowest BCUT2D eigenvalue weighted by molar-refractivity contribution is 0.779. The van der Waals surface area contributed by atoms with Gasteiger partial charge in [0.25, 0.3) is 0 Å². The molecule has 0 saturated heterocycles. The summed E-state index contributed by atoms with van der Waals surface area (Å²) in [5.74, 6) is 0. The van der Waals surface area contributed by atoms with Crippen molar-refractivity contribution in [3.8, 4) is 22.5 Å². The molecule has 3 heteroatoms. The maximum atomic E-state index is 5.92. The van der Waals surface area contributed by atoms with E-state index in [4.69, 9.17) is 11.6 Å². The molecule has 0 amide bonds. The van der Waals surface area contributed by atoms with Gasteiger partial charge in [-0.05, 0) is 23.8 Å². The van der Waals surface area contributed by atoms with Crippen LogP contribution in [0.5, 0.6) is 0 Å². The number of rotatable bonds is 2. The molecule has 0 N–H and O–H groups in total. The molecule has 2 nitrogen and oxygen atoms in total. The number of hydrogen-bond acceptors (Lipinski definition) is 1. The topological polar surface area (TPSA) is 17.8 Å². The second-order valence-electron chi connectivity index (χ2n) is 4.41. The number of benzene rings is 2.